The van der Waals surface area contributed by atoms with Crippen LogP contribution in [0.5, 0.6) is 0 Å². The smallest absolute Gasteiger partial charge is 0.224 e. The van der Waals surface area contributed by atoms with E-state index in [1.807, 2.05) is 16.9 Å². The van der Waals surface area contributed by atoms with Gasteiger partial charge >= 0.3 is 0 Å². The van der Waals surface area contributed by atoms with Crippen LogP contribution in [0.25, 0.3) is 22.4 Å². The summed E-state index contributed by atoms with van der Waals surface area (Å²) in [6.45, 7) is 3.83. The minimum atomic E-state index is 0.0845. The second-order valence-corrected chi connectivity index (χ2v) is 9.09. The summed E-state index contributed by atoms with van der Waals surface area (Å²) in [7, 11) is 1.65. The fourth-order valence-corrected chi connectivity index (χ4v) is 5.23. The zero-order valence-corrected chi connectivity index (χ0v) is 19.1. The van der Waals surface area contributed by atoms with E-state index < -0.39 is 0 Å². The van der Waals surface area contributed by atoms with Crippen LogP contribution in [0.2, 0.25) is 0 Å². The van der Waals surface area contributed by atoms with Crippen LogP contribution in [0.4, 0.5) is 0 Å². The van der Waals surface area contributed by atoms with Crippen LogP contribution in [-0.2, 0) is 16.1 Å². The molecule has 3 aliphatic heterocycles. The van der Waals surface area contributed by atoms with Crippen molar-refractivity contribution in [3.8, 4) is 22.4 Å². The van der Waals surface area contributed by atoms with Crippen molar-refractivity contribution in [2.24, 2.45) is 11.8 Å². The standard InChI is InChI=1S/C26H31N5O2/c1-33-14-12-27-26(32)24-17-30-13-11-22(24)15-23(30)16-31-18-25(28-29-31)21-9-7-20(8-10-21)19-5-3-2-4-6-19/h2-10,18,22-24H,11-17H2,1H3,(H,27,32)/t22-,23-,24-/m1/s1. The van der Waals surface area contributed by atoms with E-state index in [2.05, 4.69) is 69.1 Å². The summed E-state index contributed by atoms with van der Waals surface area (Å²) in [5.41, 5.74) is 4.36. The molecule has 6 rings (SSSR count). The Labute approximate surface area is 194 Å². The van der Waals surface area contributed by atoms with Crippen LogP contribution in [-0.4, -0.2) is 65.2 Å². The van der Waals surface area contributed by atoms with Gasteiger partial charge in [0.15, 0.2) is 0 Å². The van der Waals surface area contributed by atoms with E-state index in [0.29, 0.717) is 25.1 Å². The Morgan fingerprint density at radius 2 is 1.85 bits per heavy atom. The fourth-order valence-electron chi connectivity index (χ4n) is 5.23. The maximum Gasteiger partial charge on any atom is 0.224 e. The molecule has 1 N–H and O–H groups in total. The van der Waals surface area contributed by atoms with Crippen LogP contribution < -0.4 is 5.32 Å². The average molecular weight is 446 g/mol. The molecule has 2 aromatic carbocycles. The lowest BCUT2D eigenvalue weighted by Gasteiger charge is -2.49. The lowest BCUT2D eigenvalue weighted by atomic mass is 9.75. The topological polar surface area (TPSA) is 72.3 Å². The maximum atomic E-state index is 12.6. The first-order valence-electron chi connectivity index (χ1n) is 11.8. The van der Waals surface area contributed by atoms with Crippen LogP contribution in [0.15, 0.2) is 60.8 Å². The lowest BCUT2D eigenvalue weighted by molar-refractivity contribution is -0.133. The number of rotatable bonds is 8. The highest BCUT2D eigenvalue weighted by Gasteiger charge is 2.43. The molecule has 0 spiro atoms. The first-order valence-corrected chi connectivity index (χ1v) is 11.8. The van der Waals surface area contributed by atoms with E-state index in [0.717, 1.165) is 43.7 Å². The summed E-state index contributed by atoms with van der Waals surface area (Å²) < 4.78 is 7.00. The summed E-state index contributed by atoms with van der Waals surface area (Å²) in [5, 5.41) is 11.8. The number of fused-ring (bicyclic) bond motifs is 3. The fraction of sp³-hybridized carbons (Fsp3) is 0.423. The molecule has 4 heterocycles. The second-order valence-electron chi connectivity index (χ2n) is 9.09. The number of hydrogen-bond donors (Lipinski definition) is 1. The van der Waals surface area contributed by atoms with Crippen molar-refractivity contribution in [3.63, 3.8) is 0 Å². The third-order valence-electron chi connectivity index (χ3n) is 7.04. The molecule has 4 atom stereocenters. The Balaban J connectivity index is 1.20. The number of benzene rings is 2. The van der Waals surface area contributed by atoms with E-state index in [9.17, 15) is 4.79 Å². The molecule has 3 aliphatic rings. The van der Waals surface area contributed by atoms with Crippen molar-refractivity contribution in [2.45, 2.75) is 25.4 Å². The number of piperidine rings is 3. The highest BCUT2D eigenvalue weighted by Crippen LogP contribution is 2.37. The number of nitrogens with one attached hydrogen (secondary N) is 1. The number of methoxy groups -OCH3 is 1. The van der Waals surface area contributed by atoms with Crippen molar-refractivity contribution < 1.29 is 9.53 Å². The Hall–Kier alpha value is -3.03. The summed E-state index contributed by atoms with van der Waals surface area (Å²) in [6, 6.07) is 19.3. The van der Waals surface area contributed by atoms with E-state index in [4.69, 9.17) is 4.74 Å². The summed E-state index contributed by atoms with van der Waals surface area (Å²) in [5.74, 6) is 0.694. The van der Waals surface area contributed by atoms with Gasteiger partial charge in [0, 0.05) is 31.8 Å². The molecule has 2 bridgehead atoms. The molecule has 1 amide bonds. The molecule has 0 aliphatic carbocycles. The van der Waals surface area contributed by atoms with Crippen LogP contribution >= 0.6 is 0 Å². The van der Waals surface area contributed by atoms with E-state index >= 15 is 0 Å². The monoisotopic (exact) mass is 445 g/mol. The quantitative estimate of drug-likeness (QED) is 0.540. The molecule has 172 valence electrons. The minimum absolute atomic E-state index is 0.0845. The number of carbonyl (C=O) groups excluding carboxylic acids is 1. The van der Waals surface area contributed by atoms with Crippen molar-refractivity contribution in [1.29, 1.82) is 0 Å². The Morgan fingerprint density at radius 3 is 2.58 bits per heavy atom. The van der Waals surface area contributed by atoms with E-state index in [1.54, 1.807) is 7.11 Å². The molecular formula is C26H31N5O2. The molecule has 0 radical (unpaired) electrons. The minimum Gasteiger partial charge on any atom is -0.383 e. The van der Waals surface area contributed by atoms with Gasteiger partial charge in [-0.1, -0.05) is 59.8 Å². The van der Waals surface area contributed by atoms with Gasteiger partial charge in [-0.15, -0.1) is 5.10 Å². The number of hydrogen-bond acceptors (Lipinski definition) is 5. The predicted octanol–water partition coefficient (Wildman–Crippen LogP) is 3.09. The molecule has 3 fully saturated rings. The van der Waals surface area contributed by atoms with Gasteiger partial charge in [-0.2, -0.15) is 0 Å². The van der Waals surface area contributed by atoms with E-state index in [-0.39, 0.29) is 11.8 Å². The van der Waals surface area contributed by atoms with Gasteiger partial charge in [0.05, 0.1) is 25.3 Å². The van der Waals surface area contributed by atoms with Gasteiger partial charge in [-0.05, 0) is 36.4 Å². The first-order chi connectivity index (χ1) is 16.2. The number of carbonyl (C=O) groups is 1. The number of nitrogens with zero attached hydrogens (tertiary/aromatic N) is 4. The number of ether oxygens (including phenoxy) is 1. The third-order valence-corrected chi connectivity index (χ3v) is 7.04. The second kappa shape index (κ2) is 9.85. The van der Waals surface area contributed by atoms with Crippen molar-refractivity contribution in [3.05, 3.63) is 60.8 Å². The predicted molar refractivity (Wildman–Crippen MR) is 127 cm³/mol. The van der Waals surface area contributed by atoms with Crippen molar-refractivity contribution in [2.75, 3.05) is 33.4 Å². The molecule has 3 aromatic rings. The van der Waals surface area contributed by atoms with Crippen LogP contribution in [0.3, 0.4) is 0 Å². The van der Waals surface area contributed by atoms with Gasteiger partial charge in [-0.3, -0.25) is 14.4 Å². The molecule has 1 unspecified atom stereocenters. The third kappa shape index (κ3) is 4.84. The zero-order valence-electron chi connectivity index (χ0n) is 19.1. The van der Waals surface area contributed by atoms with Gasteiger partial charge in [-0.25, -0.2) is 0 Å². The number of amides is 1. The molecule has 7 nitrogen and oxygen atoms in total. The van der Waals surface area contributed by atoms with Gasteiger partial charge < -0.3 is 10.1 Å². The van der Waals surface area contributed by atoms with E-state index in [1.165, 1.54) is 11.1 Å². The zero-order chi connectivity index (χ0) is 22.6. The summed E-state index contributed by atoms with van der Waals surface area (Å²) >= 11 is 0. The summed E-state index contributed by atoms with van der Waals surface area (Å²) in [6.07, 6.45) is 4.16. The molecule has 7 heteroatoms. The van der Waals surface area contributed by atoms with Gasteiger partial charge in [0.25, 0.3) is 0 Å². The SMILES string of the molecule is COCCNC(=O)[C@@H]1CN2CC[C@@H]1C[C@@H]2Cn1cc(-c2ccc(-c3ccccc3)cc2)nn1. The van der Waals surface area contributed by atoms with Crippen LogP contribution in [0.1, 0.15) is 12.8 Å². The Kier molecular flexibility index (Phi) is 6.51. The Morgan fingerprint density at radius 1 is 1.09 bits per heavy atom. The van der Waals surface area contributed by atoms with Crippen molar-refractivity contribution >= 4 is 5.91 Å². The first kappa shape index (κ1) is 21.8. The molecular weight excluding hydrogens is 414 g/mol. The lowest BCUT2D eigenvalue weighted by Crippen LogP contribution is -2.58. The normalized spacial score (nSPS) is 24.0. The highest BCUT2D eigenvalue weighted by atomic mass is 16.5. The maximum absolute atomic E-state index is 12.6. The highest BCUT2D eigenvalue weighted by molar-refractivity contribution is 5.79. The number of aromatic nitrogens is 3. The molecule has 0 saturated carbocycles. The average Bonchev–Trinajstić information content (AvgIpc) is 3.33. The summed E-state index contributed by atoms with van der Waals surface area (Å²) in [4.78, 5) is 15.0. The molecule has 1 aromatic heterocycles. The van der Waals surface area contributed by atoms with Crippen LogP contribution in [0, 0.1) is 11.8 Å². The molecule has 33 heavy (non-hydrogen) atoms. The Bertz CT molecular complexity index is 1070. The van der Waals surface area contributed by atoms with Crippen molar-refractivity contribution in [1.82, 2.24) is 25.2 Å². The van der Waals surface area contributed by atoms with Gasteiger partial charge in [0.2, 0.25) is 5.91 Å². The largest absolute Gasteiger partial charge is 0.383 e. The molecule has 3 saturated heterocycles. The van der Waals surface area contributed by atoms with Gasteiger partial charge in [0.1, 0.15) is 5.69 Å².